The zero-order valence-electron chi connectivity index (χ0n) is 8.00. The molecule has 1 aromatic rings. The van der Waals surface area contributed by atoms with Crippen LogP contribution < -0.4 is 0 Å². The van der Waals surface area contributed by atoms with Gasteiger partial charge in [0, 0.05) is 0 Å². The molecule has 0 aliphatic carbocycles. The van der Waals surface area contributed by atoms with Crippen LogP contribution in [0.25, 0.3) is 0 Å². The normalized spacial score (nSPS) is 9.00. The standard InChI is InChI=1S/C10H14.CH2O/c1-8(2)10-7-5-4-6-9(10)3;1-2/h4-8H,1-3H3;1H2. The van der Waals surface area contributed by atoms with Crippen LogP contribution in [0.2, 0.25) is 0 Å². The molecule has 0 unspecified atom stereocenters. The van der Waals surface area contributed by atoms with Crippen LogP contribution in [0.1, 0.15) is 30.9 Å². The van der Waals surface area contributed by atoms with Crippen LogP contribution in [0.4, 0.5) is 0 Å². The average molecular weight is 164 g/mol. The smallest absolute Gasteiger partial charge is 0.106 e. The van der Waals surface area contributed by atoms with Crippen LogP contribution in [-0.2, 0) is 4.79 Å². The number of aryl methyl sites for hydroxylation is 1. The first-order chi connectivity index (χ1) is 5.72. The van der Waals surface area contributed by atoms with Crippen molar-refractivity contribution in [2.45, 2.75) is 26.7 Å². The summed E-state index contributed by atoms with van der Waals surface area (Å²) in [6.07, 6.45) is 0. The highest BCUT2D eigenvalue weighted by Crippen LogP contribution is 2.17. The van der Waals surface area contributed by atoms with Crippen molar-refractivity contribution in [3.63, 3.8) is 0 Å². The first kappa shape index (κ1) is 10.9. The highest BCUT2D eigenvalue weighted by atomic mass is 16.1. The number of rotatable bonds is 1. The number of carbonyl (C=O) groups is 1. The van der Waals surface area contributed by atoms with Gasteiger partial charge in [0.05, 0.1) is 0 Å². The van der Waals surface area contributed by atoms with E-state index in [4.69, 9.17) is 4.79 Å². The van der Waals surface area contributed by atoms with Gasteiger partial charge in [0.2, 0.25) is 0 Å². The summed E-state index contributed by atoms with van der Waals surface area (Å²) in [4.78, 5) is 8.00. The maximum absolute atomic E-state index is 8.00. The van der Waals surface area contributed by atoms with Gasteiger partial charge in [-0.2, -0.15) is 0 Å². The average Bonchev–Trinajstić information content (AvgIpc) is 2.08. The van der Waals surface area contributed by atoms with Crippen LogP contribution in [-0.4, -0.2) is 6.79 Å². The fraction of sp³-hybridized carbons (Fsp3) is 0.364. The van der Waals surface area contributed by atoms with Crippen molar-refractivity contribution in [3.05, 3.63) is 35.4 Å². The summed E-state index contributed by atoms with van der Waals surface area (Å²) in [5, 5.41) is 0. The number of hydrogen-bond acceptors (Lipinski definition) is 1. The lowest BCUT2D eigenvalue weighted by atomic mass is 9.99. The molecule has 66 valence electrons. The quantitative estimate of drug-likeness (QED) is 0.623. The molecule has 1 rings (SSSR count). The van der Waals surface area contributed by atoms with Crippen molar-refractivity contribution >= 4 is 6.79 Å². The maximum Gasteiger partial charge on any atom is 0.106 e. The Kier molecular flexibility index (Phi) is 5.02. The third-order valence-corrected chi connectivity index (χ3v) is 1.81. The van der Waals surface area contributed by atoms with Crippen molar-refractivity contribution < 1.29 is 4.79 Å². The van der Waals surface area contributed by atoms with Crippen LogP contribution >= 0.6 is 0 Å². The van der Waals surface area contributed by atoms with Gasteiger partial charge in [-0.1, -0.05) is 38.1 Å². The molecule has 0 heterocycles. The summed E-state index contributed by atoms with van der Waals surface area (Å²) in [7, 11) is 0. The second kappa shape index (κ2) is 5.53. The molecule has 0 aliphatic heterocycles. The second-order valence-corrected chi connectivity index (χ2v) is 3.01. The molecule has 0 fully saturated rings. The van der Waals surface area contributed by atoms with E-state index in [-0.39, 0.29) is 0 Å². The molecule has 0 bridgehead atoms. The third kappa shape index (κ3) is 2.87. The topological polar surface area (TPSA) is 17.1 Å². The van der Waals surface area contributed by atoms with E-state index >= 15 is 0 Å². The Morgan fingerprint density at radius 2 is 1.67 bits per heavy atom. The molecule has 0 N–H and O–H groups in total. The largest absolute Gasteiger partial charge is 0.307 e. The summed E-state index contributed by atoms with van der Waals surface area (Å²) < 4.78 is 0. The predicted octanol–water partition coefficient (Wildman–Crippen LogP) is 2.93. The molecule has 12 heavy (non-hydrogen) atoms. The monoisotopic (exact) mass is 164 g/mol. The Hall–Kier alpha value is -1.11. The summed E-state index contributed by atoms with van der Waals surface area (Å²) in [5.41, 5.74) is 2.86. The van der Waals surface area contributed by atoms with Gasteiger partial charge in [-0.15, -0.1) is 0 Å². The molecule has 0 atom stereocenters. The van der Waals surface area contributed by atoms with E-state index in [1.54, 1.807) is 0 Å². The van der Waals surface area contributed by atoms with E-state index in [9.17, 15) is 0 Å². The van der Waals surface area contributed by atoms with E-state index in [0.29, 0.717) is 5.92 Å². The van der Waals surface area contributed by atoms with Gasteiger partial charge in [-0.25, -0.2) is 0 Å². The minimum Gasteiger partial charge on any atom is -0.307 e. The van der Waals surface area contributed by atoms with Gasteiger partial charge in [0.15, 0.2) is 0 Å². The second-order valence-electron chi connectivity index (χ2n) is 3.01. The summed E-state index contributed by atoms with van der Waals surface area (Å²) in [6.45, 7) is 8.61. The van der Waals surface area contributed by atoms with E-state index < -0.39 is 0 Å². The third-order valence-electron chi connectivity index (χ3n) is 1.81. The fourth-order valence-electron chi connectivity index (χ4n) is 1.23. The van der Waals surface area contributed by atoms with Crippen LogP contribution in [0.5, 0.6) is 0 Å². The SMILES string of the molecule is C=O.Cc1ccccc1C(C)C. The lowest BCUT2D eigenvalue weighted by Gasteiger charge is -2.07. The van der Waals surface area contributed by atoms with Crippen molar-refractivity contribution in [1.82, 2.24) is 0 Å². The first-order valence-electron chi connectivity index (χ1n) is 4.06. The molecule has 1 heteroatoms. The van der Waals surface area contributed by atoms with E-state index in [1.165, 1.54) is 11.1 Å². The molecule has 0 aliphatic rings. The minimum absolute atomic E-state index is 0.654. The van der Waals surface area contributed by atoms with Gasteiger partial charge >= 0.3 is 0 Å². The van der Waals surface area contributed by atoms with E-state index in [2.05, 4.69) is 45.0 Å². The lowest BCUT2D eigenvalue weighted by Crippen LogP contribution is -1.89. The van der Waals surface area contributed by atoms with Gasteiger partial charge in [-0.05, 0) is 24.0 Å². The van der Waals surface area contributed by atoms with E-state index in [1.807, 2.05) is 6.79 Å². The Balaban J connectivity index is 0.000000561. The van der Waals surface area contributed by atoms with Crippen molar-refractivity contribution in [1.29, 1.82) is 0 Å². The van der Waals surface area contributed by atoms with E-state index in [0.717, 1.165) is 0 Å². The predicted molar refractivity (Wildman–Crippen MR) is 52.4 cm³/mol. The molecule has 0 radical (unpaired) electrons. The molecule has 0 spiro atoms. The summed E-state index contributed by atoms with van der Waals surface area (Å²) >= 11 is 0. The zero-order valence-corrected chi connectivity index (χ0v) is 8.00. The van der Waals surface area contributed by atoms with Crippen molar-refractivity contribution in [2.75, 3.05) is 0 Å². The highest BCUT2D eigenvalue weighted by Gasteiger charge is 1.99. The molecular formula is C11H16O. The summed E-state index contributed by atoms with van der Waals surface area (Å²) in [6, 6.07) is 8.54. The highest BCUT2D eigenvalue weighted by molar-refractivity contribution is 5.27. The molecule has 1 nitrogen and oxygen atoms in total. The fourth-order valence-corrected chi connectivity index (χ4v) is 1.23. The Morgan fingerprint density at radius 3 is 2.00 bits per heavy atom. The molecule has 0 aromatic heterocycles. The van der Waals surface area contributed by atoms with Gasteiger partial charge in [0.1, 0.15) is 6.79 Å². The molecule has 0 saturated heterocycles. The Labute approximate surface area is 74.4 Å². The number of carbonyl (C=O) groups excluding carboxylic acids is 1. The molecular weight excluding hydrogens is 148 g/mol. The minimum atomic E-state index is 0.654. The Morgan fingerprint density at radius 1 is 1.17 bits per heavy atom. The zero-order chi connectivity index (χ0) is 9.56. The van der Waals surface area contributed by atoms with Gasteiger partial charge < -0.3 is 4.79 Å². The Bertz CT molecular complexity index is 228. The number of benzene rings is 1. The van der Waals surface area contributed by atoms with Crippen LogP contribution in [0.3, 0.4) is 0 Å². The molecule has 0 saturated carbocycles. The lowest BCUT2D eigenvalue weighted by molar-refractivity contribution is -0.0979. The van der Waals surface area contributed by atoms with Gasteiger partial charge in [0.25, 0.3) is 0 Å². The van der Waals surface area contributed by atoms with Crippen LogP contribution in [0, 0.1) is 6.92 Å². The molecule has 0 amide bonds. The van der Waals surface area contributed by atoms with Crippen molar-refractivity contribution in [3.8, 4) is 0 Å². The first-order valence-corrected chi connectivity index (χ1v) is 4.06. The summed E-state index contributed by atoms with van der Waals surface area (Å²) in [5.74, 6) is 0.654. The van der Waals surface area contributed by atoms with Crippen molar-refractivity contribution in [2.24, 2.45) is 0 Å². The van der Waals surface area contributed by atoms with Gasteiger partial charge in [-0.3, -0.25) is 0 Å². The number of hydrogen-bond donors (Lipinski definition) is 0. The molecule has 1 aromatic carbocycles. The van der Waals surface area contributed by atoms with Crippen LogP contribution in [0.15, 0.2) is 24.3 Å². The maximum atomic E-state index is 8.00.